The molecule has 0 radical (unpaired) electrons. The first-order valence-corrected chi connectivity index (χ1v) is 6.86. The molecule has 1 saturated carbocycles. The summed E-state index contributed by atoms with van der Waals surface area (Å²) in [6, 6.07) is 0. The van der Waals surface area contributed by atoms with Crippen molar-refractivity contribution >= 4 is 11.6 Å². The maximum Gasteiger partial charge on any atom is 0.225 e. The third-order valence-corrected chi connectivity index (χ3v) is 3.31. The highest BCUT2D eigenvalue weighted by atomic mass is 35.5. The van der Waals surface area contributed by atoms with Crippen LogP contribution in [0.2, 0.25) is 5.28 Å². The van der Waals surface area contributed by atoms with Crippen molar-refractivity contribution in [1.29, 1.82) is 0 Å². The lowest BCUT2D eigenvalue weighted by atomic mass is 10.3. The van der Waals surface area contributed by atoms with Crippen LogP contribution in [0, 0.1) is 0 Å². The molecule has 1 aromatic heterocycles. The van der Waals surface area contributed by atoms with Crippen LogP contribution in [0.1, 0.15) is 37.4 Å². The number of ether oxygens (including phenoxy) is 2. The predicted octanol–water partition coefficient (Wildman–Crippen LogP) is 2.25. The van der Waals surface area contributed by atoms with E-state index < -0.39 is 0 Å². The highest BCUT2D eigenvalue weighted by molar-refractivity contribution is 6.28. The molecule has 18 heavy (non-hydrogen) atoms. The second-order valence-corrected chi connectivity index (χ2v) is 4.90. The van der Waals surface area contributed by atoms with Crippen LogP contribution in [0.15, 0.2) is 0 Å². The Hall–Kier alpha value is -0.650. The van der Waals surface area contributed by atoms with Crippen molar-refractivity contribution in [3.63, 3.8) is 0 Å². The van der Waals surface area contributed by atoms with Gasteiger partial charge in [-0.3, -0.25) is 0 Å². The van der Waals surface area contributed by atoms with E-state index in [9.17, 15) is 0 Å². The maximum absolute atomic E-state index is 6.04. The molecular weight excluding hydrogens is 254 g/mol. The Kier molecular flexibility index (Phi) is 5.41. The third-order valence-electron chi connectivity index (χ3n) is 3.03. The molecule has 0 unspecified atom stereocenters. The molecular formula is C12H20ClN3O2. The first kappa shape index (κ1) is 13.8. The van der Waals surface area contributed by atoms with Crippen LogP contribution in [0.3, 0.4) is 0 Å². The highest BCUT2D eigenvalue weighted by Gasteiger charge is 2.29. The lowest BCUT2D eigenvalue weighted by Crippen LogP contribution is -2.06. The molecule has 0 aromatic carbocycles. The molecule has 1 aliphatic rings. The number of nitrogens with zero attached hydrogens (tertiary/aromatic N) is 3. The van der Waals surface area contributed by atoms with Crippen LogP contribution in [0.4, 0.5) is 0 Å². The maximum atomic E-state index is 6.04. The zero-order valence-corrected chi connectivity index (χ0v) is 11.5. The quantitative estimate of drug-likeness (QED) is 0.648. The molecule has 6 heteroatoms. The molecule has 0 aliphatic heterocycles. The Labute approximate surface area is 112 Å². The molecule has 0 saturated heterocycles. The molecule has 0 N–H and O–H groups in total. The van der Waals surface area contributed by atoms with E-state index in [0.29, 0.717) is 24.4 Å². The summed E-state index contributed by atoms with van der Waals surface area (Å²) in [7, 11) is 1.68. The van der Waals surface area contributed by atoms with Gasteiger partial charge in [0, 0.05) is 26.2 Å². The minimum Gasteiger partial charge on any atom is -0.382 e. The molecule has 1 aliphatic carbocycles. The summed E-state index contributed by atoms with van der Waals surface area (Å²) in [5.41, 5.74) is 0. The van der Waals surface area contributed by atoms with Crippen LogP contribution in [0.5, 0.6) is 0 Å². The smallest absolute Gasteiger partial charge is 0.225 e. The summed E-state index contributed by atoms with van der Waals surface area (Å²) < 4.78 is 12.4. The number of hydrogen-bond donors (Lipinski definition) is 0. The van der Waals surface area contributed by atoms with Crippen molar-refractivity contribution in [2.45, 2.75) is 38.1 Å². The van der Waals surface area contributed by atoms with Crippen LogP contribution < -0.4 is 0 Å². The number of aromatic nitrogens is 3. The summed E-state index contributed by atoms with van der Waals surface area (Å²) in [5, 5.41) is 8.61. The topological polar surface area (TPSA) is 49.2 Å². The number of hydrogen-bond acceptors (Lipinski definition) is 4. The first-order chi connectivity index (χ1) is 8.83. The summed E-state index contributed by atoms with van der Waals surface area (Å²) in [6.45, 7) is 2.97. The van der Waals surface area contributed by atoms with Crippen molar-refractivity contribution in [2.75, 3.05) is 26.9 Å². The average molecular weight is 274 g/mol. The van der Waals surface area contributed by atoms with Gasteiger partial charge in [0.1, 0.15) is 5.82 Å². The minimum absolute atomic E-state index is 0.511. The Bertz CT molecular complexity index is 366. The number of methoxy groups -OCH3 is 1. The summed E-state index contributed by atoms with van der Waals surface area (Å²) in [5.74, 6) is 1.64. The third kappa shape index (κ3) is 3.93. The Balaban J connectivity index is 1.65. The normalized spacial score (nSPS) is 15.2. The molecule has 0 atom stereocenters. The molecule has 0 spiro atoms. The van der Waals surface area contributed by atoms with Gasteiger partial charge in [-0.05, 0) is 37.3 Å². The second kappa shape index (κ2) is 7.07. The van der Waals surface area contributed by atoms with E-state index in [4.69, 9.17) is 21.1 Å². The van der Waals surface area contributed by atoms with Gasteiger partial charge in [0.25, 0.3) is 0 Å². The molecule has 1 heterocycles. The highest BCUT2D eigenvalue weighted by Crippen LogP contribution is 2.39. The minimum atomic E-state index is 0.511. The Morgan fingerprint density at radius 2 is 2.06 bits per heavy atom. The van der Waals surface area contributed by atoms with E-state index >= 15 is 0 Å². The molecule has 5 nitrogen and oxygen atoms in total. The van der Waals surface area contributed by atoms with Crippen molar-refractivity contribution in [2.24, 2.45) is 0 Å². The van der Waals surface area contributed by atoms with Gasteiger partial charge in [-0.15, -0.1) is 10.2 Å². The Morgan fingerprint density at radius 1 is 1.22 bits per heavy atom. The molecule has 2 rings (SSSR count). The summed E-state index contributed by atoms with van der Waals surface area (Å²) in [6.07, 6.45) is 4.48. The van der Waals surface area contributed by atoms with Gasteiger partial charge < -0.3 is 14.0 Å². The van der Waals surface area contributed by atoms with Crippen molar-refractivity contribution in [1.82, 2.24) is 14.8 Å². The largest absolute Gasteiger partial charge is 0.382 e. The second-order valence-electron chi connectivity index (χ2n) is 4.57. The van der Waals surface area contributed by atoms with Crippen molar-refractivity contribution < 1.29 is 9.47 Å². The molecule has 1 aromatic rings. The average Bonchev–Trinajstić information content (AvgIpc) is 3.14. The number of halogens is 1. The Morgan fingerprint density at radius 3 is 2.78 bits per heavy atom. The van der Waals surface area contributed by atoms with Crippen molar-refractivity contribution in [3.05, 3.63) is 11.1 Å². The van der Waals surface area contributed by atoms with Crippen LogP contribution in [-0.2, 0) is 16.0 Å². The first-order valence-electron chi connectivity index (χ1n) is 6.48. The number of unbranched alkanes of at least 4 members (excludes halogenated alkanes) is 1. The molecule has 1 fully saturated rings. The van der Waals surface area contributed by atoms with Crippen molar-refractivity contribution in [3.8, 4) is 0 Å². The fourth-order valence-electron chi connectivity index (χ4n) is 1.86. The zero-order valence-electron chi connectivity index (χ0n) is 10.8. The molecule has 0 bridgehead atoms. The van der Waals surface area contributed by atoms with Gasteiger partial charge in [-0.25, -0.2) is 0 Å². The molecule has 102 valence electrons. The van der Waals surface area contributed by atoms with Gasteiger partial charge in [0.15, 0.2) is 0 Å². The van der Waals surface area contributed by atoms with Gasteiger partial charge in [-0.1, -0.05) is 0 Å². The van der Waals surface area contributed by atoms with E-state index in [1.165, 1.54) is 12.8 Å². The number of rotatable bonds is 9. The zero-order chi connectivity index (χ0) is 12.8. The van der Waals surface area contributed by atoms with Gasteiger partial charge >= 0.3 is 0 Å². The van der Waals surface area contributed by atoms with Gasteiger partial charge in [0.2, 0.25) is 5.28 Å². The van der Waals surface area contributed by atoms with E-state index in [-0.39, 0.29) is 0 Å². The summed E-state index contributed by atoms with van der Waals surface area (Å²) >= 11 is 6.04. The standard InChI is InChI=1S/C12H20ClN3O2/c1-17-8-9-18-7-3-2-6-16-11(10-4-5-10)14-15-12(16)13/h10H,2-9H2,1H3. The van der Waals surface area contributed by atoms with E-state index in [0.717, 1.165) is 31.8 Å². The van der Waals surface area contributed by atoms with Crippen LogP contribution in [-0.4, -0.2) is 41.7 Å². The lowest BCUT2D eigenvalue weighted by Gasteiger charge is -2.07. The summed E-state index contributed by atoms with van der Waals surface area (Å²) in [4.78, 5) is 0. The van der Waals surface area contributed by atoms with E-state index in [1.807, 2.05) is 4.57 Å². The van der Waals surface area contributed by atoms with E-state index in [1.54, 1.807) is 7.11 Å². The monoisotopic (exact) mass is 273 g/mol. The molecule has 0 amide bonds. The van der Waals surface area contributed by atoms with E-state index in [2.05, 4.69) is 10.2 Å². The lowest BCUT2D eigenvalue weighted by molar-refractivity contribution is 0.0684. The fraction of sp³-hybridized carbons (Fsp3) is 0.833. The van der Waals surface area contributed by atoms with Crippen LogP contribution in [0.25, 0.3) is 0 Å². The fourth-order valence-corrected chi connectivity index (χ4v) is 2.07. The van der Waals surface area contributed by atoms with Gasteiger partial charge in [-0.2, -0.15) is 0 Å². The predicted molar refractivity (Wildman–Crippen MR) is 68.9 cm³/mol. The van der Waals surface area contributed by atoms with Gasteiger partial charge in [0.05, 0.1) is 13.2 Å². The SMILES string of the molecule is COCCOCCCCn1c(Cl)nnc1C1CC1. The van der Waals surface area contributed by atoms with Crippen LogP contribution >= 0.6 is 11.6 Å².